The van der Waals surface area contributed by atoms with Gasteiger partial charge >= 0.3 is 0 Å². The van der Waals surface area contributed by atoms with E-state index in [1.165, 1.54) is 0 Å². The van der Waals surface area contributed by atoms with Gasteiger partial charge in [-0.1, -0.05) is 24.3 Å². The highest BCUT2D eigenvalue weighted by atomic mass is 127. The molecule has 0 aliphatic rings. The molecule has 0 aromatic heterocycles. The molecule has 0 spiro atoms. The van der Waals surface area contributed by atoms with E-state index in [0.717, 1.165) is 3.58 Å². The van der Waals surface area contributed by atoms with Gasteiger partial charge in [-0.15, -0.1) is 0 Å². The summed E-state index contributed by atoms with van der Waals surface area (Å²) >= 11 is 2.03. The van der Waals surface area contributed by atoms with Gasteiger partial charge in [0.15, 0.2) is 0 Å². The van der Waals surface area contributed by atoms with Crippen LogP contribution in [0, 0.1) is 59.2 Å². The zero-order chi connectivity index (χ0) is 12.1. The van der Waals surface area contributed by atoms with Gasteiger partial charge in [0.25, 0.3) is 0 Å². The van der Waals surface area contributed by atoms with Crippen molar-refractivity contribution in [1.82, 2.24) is 0 Å². The van der Waals surface area contributed by atoms with Crippen LogP contribution >= 0.6 is 22.6 Å². The predicted molar refractivity (Wildman–Crippen MR) is 76.9 cm³/mol. The van der Waals surface area contributed by atoms with Gasteiger partial charge in [0, 0.05) is 0 Å². The third kappa shape index (κ3) is 12.0. The maximum Gasteiger partial charge on any atom is 0.0567 e. The highest BCUT2D eigenvalue weighted by Crippen LogP contribution is 1.96. The minimum Gasteiger partial charge on any atom is -0.0925 e. The minimum absolute atomic E-state index is 0.767. The van der Waals surface area contributed by atoms with E-state index in [9.17, 15) is 0 Å². The molecule has 0 saturated heterocycles. The Bertz CT molecular complexity index is 576. The van der Waals surface area contributed by atoms with Crippen LogP contribution in [-0.2, 0) is 0 Å². The second kappa shape index (κ2) is 11.1. The second-order valence-corrected chi connectivity index (χ2v) is 3.45. The highest BCUT2D eigenvalue weighted by molar-refractivity contribution is 14.1. The molecule has 0 nitrogen and oxygen atoms in total. The Morgan fingerprint density at radius 2 is 1.50 bits per heavy atom. The number of allylic oxidation sites excluding steroid dienone is 3. The molecule has 0 aliphatic heterocycles. The van der Waals surface area contributed by atoms with Crippen molar-refractivity contribution in [2.45, 2.75) is 6.92 Å². The normalized spacial score (nSPS) is 6.12. The van der Waals surface area contributed by atoms with Gasteiger partial charge in [0.2, 0.25) is 0 Å². The lowest BCUT2D eigenvalue weighted by Crippen LogP contribution is -1.56. The van der Waals surface area contributed by atoms with Crippen LogP contribution in [0.15, 0.2) is 22.3 Å². The number of halogens is 1. The Hall–Kier alpha value is -1.99. The van der Waals surface area contributed by atoms with E-state index in [2.05, 4.69) is 65.8 Å². The zero-order valence-corrected chi connectivity index (χ0v) is 10.9. The molecule has 0 rings (SSSR count). The summed E-state index contributed by atoms with van der Waals surface area (Å²) in [6.07, 6.45) is 3.23. The summed E-state index contributed by atoms with van der Waals surface area (Å²) in [4.78, 5) is 0. The lowest BCUT2D eigenvalue weighted by Gasteiger charge is -1.68. The Morgan fingerprint density at radius 1 is 0.938 bits per heavy atom. The third-order valence-corrected chi connectivity index (χ3v) is 1.24. The summed E-state index contributed by atoms with van der Waals surface area (Å²) in [5.74, 6) is 26.4. The average molecular weight is 314 g/mol. The standard InChI is InChI=1S/C15H7I/c1-3-4-5-6-7-8-9-10-11-12-13-14-15(2)16/h9-10H,2H2,1H3/b10-9+. The summed E-state index contributed by atoms with van der Waals surface area (Å²) in [6, 6.07) is 0. The molecule has 74 valence electrons. The van der Waals surface area contributed by atoms with Crippen LogP contribution < -0.4 is 0 Å². The summed E-state index contributed by atoms with van der Waals surface area (Å²) in [7, 11) is 0. The van der Waals surface area contributed by atoms with Crippen LogP contribution in [0.4, 0.5) is 0 Å². The van der Waals surface area contributed by atoms with Crippen molar-refractivity contribution < 1.29 is 0 Å². The largest absolute Gasteiger partial charge is 0.0925 e. The Balaban J connectivity index is 4.14. The van der Waals surface area contributed by atoms with Gasteiger partial charge in [-0.2, -0.15) is 0 Å². The summed E-state index contributed by atoms with van der Waals surface area (Å²) < 4.78 is 0.767. The van der Waals surface area contributed by atoms with Crippen molar-refractivity contribution in [1.29, 1.82) is 0 Å². The van der Waals surface area contributed by atoms with E-state index in [4.69, 9.17) is 0 Å². The second-order valence-electron chi connectivity index (χ2n) is 2.15. The van der Waals surface area contributed by atoms with E-state index in [1.54, 1.807) is 19.1 Å². The maximum absolute atomic E-state index is 3.62. The topological polar surface area (TPSA) is 0 Å². The molecule has 0 heterocycles. The predicted octanol–water partition coefficient (Wildman–Crippen LogP) is 2.53. The molecule has 0 fully saturated rings. The SMILES string of the molecule is C=C(I)C#CC#C/C=C/C#CC#CC#CC. The first-order chi connectivity index (χ1) is 7.77. The Kier molecular flexibility index (Phi) is 9.71. The number of hydrogen-bond acceptors (Lipinski definition) is 0. The van der Waals surface area contributed by atoms with Crippen LogP contribution in [0.3, 0.4) is 0 Å². The molecule has 0 radical (unpaired) electrons. The summed E-state index contributed by atoms with van der Waals surface area (Å²) in [6.45, 7) is 5.34. The molecule has 0 unspecified atom stereocenters. The Labute approximate surface area is 111 Å². The monoisotopic (exact) mass is 314 g/mol. The van der Waals surface area contributed by atoms with E-state index in [1.807, 2.05) is 22.6 Å². The lowest BCUT2D eigenvalue weighted by molar-refractivity contribution is 1.92. The van der Waals surface area contributed by atoms with Crippen molar-refractivity contribution >= 4 is 22.6 Å². The van der Waals surface area contributed by atoms with Crippen LogP contribution in [0.2, 0.25) is 0 Å². The van der Waals surface area contributed by atoms with Gasteiger partial charge in [-0.3, -0.25) is 0 Å². The zero-order valence-electron chi connectivity index (χ0n) is 8.74. The molecule has 0 aliphatic carbocycles. The van der Waals surface area contributed by atoms with Crippen molar-refractivity contribution in [3.8, 4) is 59.2 Å². The van der Waals surface area contributed by atoms with Crippen LogP contribution in [0.1, 0.15) is 6.92 Å². The van der Waals surface area contributed by atoms with Gasteiger partial charge < -0.3 is 0 Å². The molecular formula is C15H7I. The third-order valence-electron chi connectivity index (χ3n) is 0.967. The lowest BCUT2D eigenvalue weighted by atomic mass is 10.4. The van der Waals surface area contributed by atoms with Gasteiger partial charge in [-0.25, -0.2) is 0 Å². The van der Waals surface area contributed by atoms with Crippen molar-refractivity contribution in [2.24, 2.45) is 0 Å². The molecule has 0 amide bonds. The summed E-state index contributed by atoms with van der Waals surface area (Å²) in [5, 5.41) is 0. The highest BCUT2D eigenvalue weighted by Gasteiger charge is 1.68. The number of rotatable bonds is 0. The molecule has 0 saturated carbocycles. The van der Waals surface area contributed by atoms with E-state index in [0.29, 0.717) is 0 Å². The van der Waals surface area contributed by atoms with Gasteiger partial charge in [0.05, 0.1) is 3.58 Å². The Morgan fingerprint density at radius 3 is 2.06 bits per heavy atom. The van der Waals surface area contributed by atoms with Crippen molar-refractivity contribution in [3.63, 3.8) is 0 Å². The fraction of sp³-hybridized carbons (Fsp3) is 0.0667. The molecule has 0 N–H and O–H groups in total. The van der Waals surface area contributed by atoms with Gasteiger partial charge in [-0.05, 0) is 83.1 Å². The molecule has 0 atom stereocenters. The van der Waals surface area contributed by atoms with Crippen molar-refractivity contribution in [3.05, 3.63) is 22.3 Å². The van der Waals surface area contributed by atoms with Crippen LogP contribution in [-0.4, -0.2) is 0 Å². The number of hydrogen-bond donors (Lipinski definition) is 0. The van der Waals surface area contributed by atoms with Gasteiger partial charge in [0.1, 0.15) is 0 Å². The smallest absolute Gasteiger partial charge is 0.0567 e. The van der Waals surface area contributed by atoms with E-state index < -0.39 is 0 Å². The minimum atomic E-state index is 0.767. The first kappa shape index (κ1) is 14.0. The molecule has 0 bridgehead atoms. The molecule has 16 heavy (non-hydrogen) atoms. The van der Waals surface area contributed by atoms with Crippen LogP contribution in [0.5, 0.6) is 0 Å². The van der Waals surface area contributed by atoms with E-state index in [-0.39, 0.29) is 0 Å². The quantitative estimate of drug-likeness (QED) is 0.476. The molecular weight excluding hydrogens is 307 g/mol. The summed E-state index contributed by atoms with van der Waals surface area (Å²) in [5.41, 5.74) is 0. The molecule has 0 aromatic carbocycles. The maximum atomic E-state index is 3.62. The fourth-order valence-electron chi connectivity index (χ4n) is 0.463. The van der Waals surface area contributed by atoms with E-state index >= 15 is 0 Å². The molecule has 0 aromatic rings. The first-order valence-electron chi connectivity index (χ1n) is 4.20. The van der Waals surface area contributed by atoms with Crippen LogP contribution in [0.25, 0.3) is 0 Å². The average Bonchev–Trinajstić information content (AvgIpc) is 2.25. The fourth-order valence-corrected chi connectivity index (χ4v) is 0.598. The van der Waals surface area contributed by atoms with Crippen molar-refractivity contribution in [2.75, 3.05) is 0 Å². The first-order valence-corrected chi connectivity index (χ1v) is 5.28. The molecule has 1 heteroatoms.